The number of allylic oxidation sites excluding steroid dienone is 3. The third kappa shape index (κ3) is 6.77. The second kappa shape index (κ2) is 16.6. The van der Waals surface area contributed by atoms with Crippen molar-refractivity contribution < 1.29 is 8.83 Å². The van der Waals surface area contributed by atoms with Gasteiger partial charge in [-0.2, -0.15) is 0 Å². The van der Waals surface area contributed by atoms with Crippen molar-refractivity contribution in [3.05, 3.63) is 227 Å². The third-order valence-corrected chi connectivity index (χ3v) is 14.9. The number of nitrogens with one attached hydrogen (secondary N) is 1. The number of furan rings is 2. The Balaban J connectivity index is 0.889. The number of hydrogen-bond donors (Lipinski definition) is 1. The summed E-state index contributed by atoms with van der Waals surface area (Å²) >= 11 is 0. The zero-order chi connectivity index (χ0) is 47.0. The molecular weight excluding hydrogens is 857 g/mol. The van der Waals surface area contributed by atoms with Crippen molar-refractivity contribution in [2.45, 2.75) is 45.7 Å². The van der Waals surface area contributed by atoms with Gasteiger partial charge in [0.15, 0.2) is 0 Å². The molecule has 1 aliphatic heterocycles. The molecule has 3 aliphatic rings. The van der Waals surface area contributed by atoms with Gasteiger partial charge in [-0.1, -0.05) is 146 Å². The number of para-hydroxylation sites is 4. The molecule has 0 fully saturated rings. The fraction of sp³-hybridized carbons (Fsp3) is 0.125. The molecule has 0 spiro atoms. The highest BCUT2D eigenvalue weighted by Gasteiger charge is 2.36. The van der Waals surface area contributed by atoms with E-state index in [-0.39, 0.29) is 18.0 Å². The number of rotatable bonds is 8. The van der Waals surface area contributed by atoms with Gasteiger partial charge in [-0.05, 0) is 121 Å². The zero-order valence-electron chi connectivity index (χ0n) is 39.4. The van der Waals surface area contributed by atoms with E-state index in [1.165, 1.54) is 49.6 Å². The molecule has 6 heteroatoms. The Kier molecular flexibility index (Phi) is 9.91. The van der Waals surface area contributed by atoms with E-state index in [1.54, 1.807) is 0 Å². The predicted molar refractivity (Wildman–Crippen MR) is 291 cm³/mol. The minimum absolute atomic E-state index is 0.108. The van der Waals surface area contributed by atoms with Crippen LogP contribution in [0.5, 0.6) is 0 Å². The van der Waals surface area contributed by atoms with Crippen LogP contribution in [0, 0.1) is 12.8 Å². The van der Waals surface area contributed by atoms with Gasteiger partial charge in [-0.15, -0.1) is 0 Å². The van der Waals surface area contributed by atoms with E-state index >= 15 is 0 Å². The molecule has 0 saturated heterocycles. The van der Waals surface area contributed by atoms with Gasteiger partial charge in [0.25, 0.3) is 0 Å². The molecule has 3 unspecified atom stereocenters. The van der Waals surface area contributed by atoms with Gasteiger partial charge in [-0.25, -0.2) is 9.98 Å². The summed E-state index contributed by atoms with van der Waals surface area (Å²) in [5, 5.41) is 8.40. The molecule has 7 aromatic carbocycles. The minimum Gasteiger partial charge on any atom is -0.456 e. The fourth-order valence-corrected chi connectivity index (χ4v) is 11.5. The Labute approximate surface area is 407 Å². The normalized spacial score (nSPS) is 18.0. The number of aliphatic imine (C=N–C) groups is 2. The summed E-state index contributed by atoms with van der Waals surface area (Å²) in [4.78, 5) is 10.9. The molecule has 1 N–H and O–H groups in total. The lowest BCUT2D eigenvalue weighted by atomic mass is 9.68. The number of nitrogens with zero attached hydrogens (tertiary/aromatic N) is 3. The Bertz CT molecular complexity index is 3940. The first-order valence-electron chi connectivity index (χ1n) is 24.3. The van der Waals surface area contributed by atoms with Gasteiger partial charge in [0.1, 0.15) is 40.5 Å². The summed E-state index contributed by atoms with van der Waals surface area (Å²) in [5.74, 6) is 3.47. The molecule has 70 heavy (non-hydrogen) atoms. The van der Waals surface area contributed by atoms with Crippen LogP contribution >= 0.6 is 0 Å². The number of hydrogen-bond acceptors (Lipinski definition) is 5. The van der Waals surface area contributed by atoms with Crippen molar-refractivity contribution in [1.82, 2.24) is 9.88 Å². The molecule has 0 amide bonds. The summed E-state index contributed by atoms with van der Waals surface area (Å²) in [6.07, 6.45) is 10.0. The summed E-state index contributed by atoms with van der Waals surface area (Å²) in [5.41, 5.74) is 18.2. The molecule has 10 aromatic rings. The van der Waals surface area contributed by atoms with E-state index in [9.17, 15) is 0 Å². The summed E-state index contributed by atoms with van der Waals surface area (Å²) in [6.45, 7) is 10.7. The van der Waals surface area contributed by atoms with Crippen molar-refractivity contribution >= 4 is 84.8 Å². The molecule has 0 saturated carbocycles. The topological polar surface area (TPSA) is 68.0 Å². The van der Waals surface area contributed by atoms with Gasteiger partial charge in [0.05, 0.1) is 11.0 Å². The highest BCUT2D eigenvalue weighted by molar-refractivity contribution is 6.14. The van der Waals surface area contributed by atoms with Crippen molar-refractivity contribution in [1.29, 1.82) is 0 Å². The average molecular weight is 907 g/mol. The second-order valence-electron chi connectivity index (χ2n) is 19.0. The number of fused-ring (bicyclic) bond motifs is 12. The van der Waals surface area contributed by atoms with Crippen LogP contribution in [0.4, 0.5) is 0 Å². The van der Waals surface area contributed by atoms with Gasteiger partial charge >= 0.3 is 0 Å². The smallest absolute Gasteiger partial charge is 0.148 e. The summed E-state index contributed by atoms with van der Waals surface area (Å²) in [6, 6.07) is 58.4. The minimum atomic E-state index is -0.384. The first-order valence-corrected chi connectivity index (χ1v) is 24.3. The Morgan fingerprint density at radius 2 is 1.40 bits per heavy atom. The van der Waals surface area contributed by atoms with Crippen LogP contribution < -0.4 is 5.32 Å². The van der Waals surface area contributed by atoms with Crippen LogP contribution in [0.2, 0.25) is 0 Å². The maximum Gasteiger partial charge on any atom is 0.148 e. The molecule has 3 aromatic heterocycles. The van der Waals surface area contributed by atoms with Crippen LogP contribution in [0.3, 0.4) is 0 Å². The summed E-state index contributed by atoms with van der Waals surface area (Å²) < 4.78 is 15.5. The first kappa shape index (κ1) is 41.7. The molecule has 2 aliphatic carbocycles. The zero-order valence-corrected chi connectivity index (χ0v) is 39.4. The van der Waals surface area contributed by atoms with Crippen LogP contribution in [0.25, 0.3) is 89.9 Å². The SMILES string of the molecule is C=Cc1oc(/C=C(\C)C2=NC(C3CC=C4c5ccccc5-c5ccccc5C4C3)=NC(c3ccc4c(c3)oc3ccccc34)N2)c(C)c1/C=C(\C)c1cccc2c3ccccc3n(-c3ccccc3)c12. The van der Waals surface area contributed by atoms with Crippen LogP contribution in [-0.4, -0.2) is 16.2 Å². The third-order valence-electron chi connectivity index (χ3n) is 14.9. The Morgan fingerprint density at radius 3 is 2.26 bits per heavy atom. The van der Waals surface area contributed by atoms with Gasteiger partial charge in [0.2, 0.25) is 0 Å². The highest BCUT2D eigenvalue weighted by atomic mass is 16.3. The lowest BCUT2D eigenvalue weighted by molar-refractivity contribution is 0.544. The van der Waals surface area contributed by atoms with E-state index in [0.29, 0.717) is 0 Å². The molecule has 0 bridgehead atoms. The molecule has 13 rings (SSSR count). The number of benzene rings is 7. The fourth-order valence-electron chi connectivity index (χ4n) is 11.5. The van der Waals surface area contributed by atoms with Gasteiger partial charge < -0.3 is 18.7 Å². The number of amidine groups is 2. The first-order chi connectivity index (χ1) is 34.4. The lowest BCUT2D eigenvalue weighted by Gasteiger charge is -2.37. The largest absolute Gasteiger partial charge is 0.456 e. The van der Waals surface area contributed by atoms with Crippen molar-refractivity contribution in [3.8, 4) is 16.8 Å². The van der Waals surface area contributed by atoms with Crippen molar-refractivity contribution in [3.63, 3.8) is 0 Å². The average Bonchev–Trinajstić information content (AvgIpc) is 4.06. The molecular formula is C64H50N4O2. The van der Waals surface area contributed by atoms with Crippen LogP contribution in [0.1, 0.15) is 83.7 Å². The maximum absolute atomic E-state index is 6.70. The van der Waals surface area contributed by atoms with Gasteiger partial charge in [-0.3, -0.25) is 0 Å². The molecule has 3 atom stereocenters. The van der Waals surface area contributed by atoms with E-state index in [2.05, 4.69) is 207 Å². The van der Waals surface area contributed by atoms with Crippen LogP contribution in [-0.2, 0) is 0 Å². The Hall–Kier alpha value is -8.48. The predicted octanol–water partition coefficient (Wildman–Crippen LogP) is 16.5. The summed E-state index contributed by atoms with van der Waals surface area (Å²) in [7, 11) is 0. The molecule has 4 heterocycles. The van der Waals surface area contributed by atoms with E-state index in [1.807, 2.05) is 18.2 Å². The van der Waals surface area contributed by atoms with Crippen LogP contribution in [0.15, 0.2) is 201 Å². The molecule has 0 radical (unpaired) electrons. The van der Waals surface area contributed by atoms with E-state index < -0.39 is 0 Å². The highest BCUT2D eigenvalue weighted by Crippen LogP contribution is 2.52. The van der Waals surface area contributed by atoms with E-state index in [0.717, 1.165) is 97.1 Å². The standard InChI is InChI=1S/C64H50N4O2/c1-5-57-54(34-38(2)44-26-17-27-53-50-24-13-15-28-56(50)68(61(44)53)43-18-7-6-8-19-43)40(4)59(69-57)35-39(3)62-65-63(67-64(66-62)42-31-33-52-51-25-14-16-29-58(51)70-60(52)37-42)41-30-32-49-47-22-10-9-20-45(47)46-21-11-12-23-48(46)55(49)36-41/h5-29,31-35,37,41,55,64H,1,30,36H2,2-4H3,(H,65,66,67)/b38-34+,39-35+. The monoisotopic (exact) mass is 906 g/mol. The maximum atomic E-state index is 6.70. The lowest BCUT2D eigenvalue weighted by Crippen LogP contribution is -2.36. The molecule has 338 valence electrons. The van der Waals surface area contributed by atoms with Crippen molar-refractivity contribution in [2.24, 2.45) is 15.9 Å². The van der Waals surface area contributed by atoms with Gasteiger partial charge in [0, 0.05) is 61.3 Å². The second-order valence-corrected chi connectivity index (χ2v) is 19.0. The quantitative estimate of drug-likeness (QED) is 0.165. The van der Waals surface area contributed by atoms with E-state index in [4.69, 9.17) is 18.8 Å². The number of aromatic nitrogens is 1. The Morgan fingerprint density at radius 1 is 0.671 bits per heavy atom. The van der Waals surface area contributed by atoms with Crippen molar-refractivity contribution in [2.75, 3.05) is 0 Å². The molecule has 6 nitrogen and oxygen atoms in total.